The Hall–Kier alpha value is -1.31. The maximum Gasteiger partial charge on any atom is 0.258 e. The molecule has 0 saturated carbocycles. The van der Waals surface area contributed by atoms with Gasteiger partial charge in [0.05, 0.1) is 11.1 Å². The van der Waals surface area contributed by atoms with Crippen molar-refractivity contribution in [3.8, 4) is 11.5 Å². The van der Waals surface area contributed by atoms with Crippen LogP contribution in [0, 0.1) is 5.82 Å². The maximum atomic E-state index is 13.5. The number of nitrogens with one attached hydrogen (secondary N) is 1. The molecule has 1 N–H and O–H groups in total. The smallest absolute Gasteiger partial charge is 0.258 e. The number of rotatable bonds is 2. The van der Waals surface area contributed by atoms with Crippen molar-refractivity contribution < 1.29 is 13.7 Å². The van der Waals surface area contributed by atoms with Crippen LogP contribution in [0.4, 0.5) is 4.39 Å². The van der Waals surface area contributed by atoms with Crippen LogP contribution in [0.25, 0.3) is 11.5 Å². The quantitative estimate of drug-likeness (QED) is 0.917. The Bertz CT molecular complexity index is 584. The van der Waals surface area contributed by atoms with Crippen molar-refractivity contribution in [1.82, 2.24) is 15.5 Å². The summed E-state index contributed by atoms with van der Waals surface area (Å²) in [6.45, 7) is 2.08. The highest BCUT2D eigenvalue weighted by Crippen LogP contribution is 2.25. The van der Waals surface area contributed by atoms with Crippen LogP contribution in [0.15, 0.2) is 27.2 Å². The molecule has 1 aliphatic rings. The first-order chi connectivity index (χ1) is 9.24. The Morgan fingerprint density at radius 3 is 3.05 bits per heavy atom. The molecule has 1 saturated heterocycles. The molecule has 0 spiro atoms. The van der Waals surface area contributed by atoms with E-state index in [2.05, 4.69) is 31.4 Å². The zero-order valence-electron chi connectivity index (χ0n) is 9.90. The van der Waals surface area contributed by atoms with Crippen molar-refractivity contribution in [3.05, 3.63) is 34.3 Å². The molecule has 0 radical (unpaired) electrons. The largest absolute Gasteiger partial charge is 0.367 e. The van der Waals surface area contributed by atoms with E-state index in [1.54, 1.807) is 12.1 Å². The highest BCUT2D eigenvalue weighted by Gasteiger charge is 2.22. The molecular weight excluding hydrogens is 317 g/mol. The number of benzene rings is 1. The second kappa shape index (κ2) is 5.36. The summed E-state index contributed by atoms with van der Waals surface area (Å²) in [5.41, 5.74) is 0.545. The molecule has 5 nitrogen and oxygen atoms in total. The molecule has 1 unspecified atom stereocenters. The summed E-state index contributed by atoms with van der Waals surface area (Å²) < 4.78 is 24.5. The number of hydrogen-bond donors (Lipinski definition) is 1. The summed E-state index contributed by atoms with van der Waals surface area (Å²) in [5.74, 6) is 0.397. The molecule has 2 aromatic rings. The molecule has 0 aliphatic carbocycles. The predicted molar refractivity (Wildman–Crippen MR) is 69.0 cm³/mol. The summed E-state index contributed by atoms with van der Waals surface area (Å²) in [4.78, 5) is 4.25. The minimum absolute atomic E-state index is 0.216. The monoisotopic (exact) mass is 327 g/mol. The van der Waals surface area contributed by atoms with E-state index in [1.165, 1.54) is 6.07 Å². The van der Waals surface area contributed by atoms with Gasteiger partial charge in [0.15, 0.2) is 0 Å². The molecule has 19 heavy (non-hydrogen) atoms. The summed E-state index contributed by atoms with van der Waals surface area (Å²) in [7, 11) is 0. The fourth-order valence-electron chi connectivity index (χ4n) is 1.84. The van der Waals surface area contributed by atoms with Gasteiger partial charge < -0.3 is 14.6 Å². The van der Waals surface area contributed by atoms with Crippen LogP contribution in [-0.2, 0) is 4.74 Å². The number of aromatic nitrogens is 2. The fourth-order valence-corrected chi connectivity index (χ4v) is 2.09. The van der Waals surface area contributed by atoms with E-state index >= 15 is 0 Å². The van der Waals surface area contributed by atoms with Gasteiger partial charge in [-0.3, -0.25) is 0 Å². The molecule has 0 bridgehead atoms. The van der Waals surface area contributed by atoms with Crippen LogP contribution in [0.2, 0.25) is 0 Å². The molecule has 3 rings (SSSR count). The molecule has 0 amide bonds. The lowest BCUT2D eigenvalue weighted by atomic mass is 10.2. The predicted octanol–water partition coefficient (Wildman–Crippen LogP) is 2.30. The topological polar surface area (TPSA) is 60.2 Å². The average molecular weight is 328 g/mol. The third kappa shape index (κ3) is 2.68. The molecule has 1 aliphatic heterocycles. The number of halogens is 2. The molecule has 100 valence electrons. The van der Waals surface area contributed by atoms with Crippen molar-refractivity contribution in [1.29, 1.82) is 0 Å². The molecule has 1 aromatic heterocycles. The third-order valence-electron chi connectivity index (χ3n) is 2.82. The molecular formula is C12H11BrFN3O2. The van der Waals surface area contributed by atoms with Crippen molar-refractivity contribution in [2.75, 3.05) is 19.7 Å². The second-order valence-electron chi connectivity index (χ2n) is 4.15. The average Bonchev–Trinajstić information content (AvgIpc) is 2.93. The second-order valence-corrected chi connectivity index (χ2v) is 5.00. The Labute approximate surface area is 117 Å². The maximum absolute atomic E-state index is 13.5. The van der Waals surface area contributed by atoms with E-state index in [9.17, 15) is 4.39 Å². The standard InChI is InChI=1S/C12H11BrFN3O2/c13-8-2-1-7(5-9(8)14)12-16-11(17-19-12)10-6-15-3-4-18-10/h1-2,5,10,15H,3-4,6H2. The number of nitrogens with zero attached hydrogens (tertiary/aromatic N) is 2. The van der Waals surface area contributed by atoms with Gasteiger partial charge in [-0.15, -0.1) is 0 Å². The zero-order chi connectivity index (χ0) is 13.2. The summed E-state index contributed by atoms with van der Waals surface area (Å²) in [5, 5.41) is 7.07. The lowest BCUT2D eigenvalue weighted by Gasteiger charge is -2.20. The van der Waals surface area contributed by atoms with Crippen LogP contribution in [-0.4, -0.2) is 29.8 Å². The normalized spacial score (nSPS) is 19.6. The first-order valence-corrected chi connectivity index (χ1v) is 6.64. The summed E-state index contributed by atoms with van der Waals surface area (Å²) in [6.07, 6.45) is -0.216. The zero-order valence-corrected chi connectivity index (χ0v) is 11.5. The highest BCUT2D eigenvalue weighted by molar-refractivity contribution is 9.10. The molecule has 1 atom stereocenters. The van der Waals surface area contributed by atoms with E-state index in [4.69, 9.17) is 9.26 Å². The Kier molecular flexibility index (Phi) is 3.58. The van der Waals surface area contributed by atoms with Gasteiger partial charge in [-0.2, -0.15) is 4.98 Å². The molecule has 7 heteroatoms. The number of ether oxygens (including phenoxy) is 1. The van der Waals surface area contributed by atoms with Gasteiger partial charge in [-0.1, -0.05) is 5.16 Å². The van der Waals surface area contributed by atoms with Gasteiger partial charge in [0, 0.05) is 18.7 Å². The number of hydrogen-bond acceptors (Lipinski definition) is 5. The van der Waals surface area contributed by atoms with Crippen molar-refractivity contribution in [2.45, 2.75) is 6.10 Å². The van der Waals surface area contributed by atoms with E-state index in [0.717, 1.165) is 6.54 Å². The van der Waals surface area contributed by atoms with E-state index in [0.29, 0.717) is 29.0 Å². The first-order valence-electron chi connectivity index (χ1n) is 5.85. The number of morpholine rings is 1. The van der Waals surface area contributed by atoms with E-state index in [1.807, 2.05) is 0 Å². The van der Waals surface area contributed by atoms with Crippen molar-refractivity contribution in [3.63, 3.8) is 0 Å². The molecule has 2 heterocycles. The van der Waals surface area contributed by atoms with Crippen LogP contribution < -0.4 is 5.32 Å². The van der Waals surface area contributed by atoms with Crippen LogP contribution in [0.1, 0.15) is 11.9 Å². The lowest BCUT2D eigenvalue weighted by Crippen LogP contribution is -2.33. The fraction of sp³-hybridized carbons (Fsp3) is 0.333. The van der Waals surface area contributed by atoms with Crippen LogP contribution in [0.5, 0.6) is 0 Å². The van der Waals surface area contributed by atoms with Crippen LogP contribution in [0.3, 0.4) is 0 Å². The highest BCUT2D eigenvalue weighted by atomic mass is 79.9. The van der Waals surface area contributed by atoms with Crippen LogP contribution >= 0.6 is 15.9 Å². The van der Waals surface area contributed by atoms with Gasteiger partial charge in [0.25, 0.3) is 5.89 Å². The minimum atomic E-state index is -0.368. The first kappa shape index (κ1) is 12.7. The van der Waals surface area contributed by atoms with E-state index < -0.39 is 0 Å². The minimum Gasteiger partial charge on any atom is -0.367 e. The van der Waals surface area contributed by atoms with Gasteiger partial charge in [-0.05, 0) is 34.1 Å². The molecule has 1 fully saturated rings. The van der Waals surface area contributed by atoms with Crippen molar-refractivity contribution in [2.24, 2.45) is 0 Å². The summed E-state index contributed by atoms with van der Waals surface area (Å²) >= 11 is 3.10. The Balaban J connectivity index is 1.85. The van der Waals surface area contributed by atoms with Gasteiger partial charge in [-0.25, -0.2) is 4.39 Å². The SMILES string of the molecule is Fc1cc(-c2nc(C3CNCCO3)no2)ccc1Br. The molecule has 1 aromatic carbocycles. The summed E-state index contributed by atoms with van der Waals surface area (Å²) in [6, 6.07) is 4.67. The Morgan fingerprint density at radius 1 is 1.42 bits per heavy atom. The van der Waals surface area contributed by atoms with Gasteiger partial charge in [0.1, 0.15) is 11.9 Å². The lowest BCUT2D eigenvalue weighted by molar-refractivity contribution is 0.0208. The van der Waals surface area contributed by atoms with Gasteiger partial charge in [0.2, 0.25) is 5.82 Å². The van der Waals surface area contributed by atoms with Crippen molar-refractivity contribution >= 4 is 15.9 Å². The Morgan fingerprint density at radius 2 is 2.32 bits per heavy atom. The van der Waals surface area contributed by atoms with Gasteiger partial charge >= 0.3 is 0 Å². The third-order valence-corrected chi connectivity index (χ3v) is 3.47. The van der Waals surface area contributed by atoms with E-state index in [-0.39, 0.29) is 17.8 Å².